The van der Waals surface area contributed by atoms with Crippen molar-refractivity contribution in [1.82, 2.24) is 0 Å². The molecule has 1 aromatic carbocycles. The van der Waals surface area contributed by atoms with Crippen molar-refractivity contribution in [2.45, 2.75) is 70.6 Å². The van der Waals surface area contributed by atoms with Gasteiger partial charge >= 0.3 is 18.3 Å². The van der Waals surface area contributed by atoms with Crippen LogP contribution >= 0.6 is 0 Å². The van der Waals surface area contributed by atoms with Gasteiger partial charge in [0.2, 0.25) is 0 Å². The van der Waals surface area contributed by atoms with Gasteiger partial charge in [0.05, 0.1) is 5.92 Å². The van der Waals surface area contributed by atoms with Crippen molar-refractivity contribution >= 4 is 5.97 Å². The minimum atomic E-state index is -5.81. The molecule has 0 heterocycles. The standard InChI is InChI=1S/C22H27F5O3/c1-14-2-4-15(5-3-14)16-6-8-17(9-7-16)20(28)29-18-10-12-19(13-11-18)30-22(26,27)21(23,24)25/h10-17H,2-9H2,1H3. The molecule has 0 N–H and O–H groups in total. The number of alkyl halides is 5. The molecular formula is C22H27F5O3. The van der Waals surface area contributed by atoms with E-state index in [2.05, 4.69) is 11.7 Å². The van der Waals surface area contributed by atoms with Crippen LogP contribution in [0.3, 0.4) is 0 Å². The van der Waals surface area contributed by atoms with Crippen molar-refractivity contribution in [2.75, 3.05) is 0 Å². The summed E-state index contributed by atoms with van der Waals surface area (Å²) in [6, 6.07) is 4.13. The number of rotatable bonds is 5. The van der Waals surface area contributed by atoms with E-state index in [-0.39, 0.29) is 17.6 Å². The van der Waals surface area contributed by atoms with E-state index >= 15 is 0 Å². The SMILES string of the molecule is CC1CCC(C2CCC(C(=O)Oc3ccc(OC(F)(F)C(F)(F)F)cc3)CC2)CC1. The summed E-state index contributed by atoms with van der Waals surface area (Å²) in [5.74, 6) is 1.04. The highest BCUT2D eigenvalue weighted by Gasteiger charge is 2.61. The molecule has 2 saturated carbocycles. The second kappa shape index (κ2) is 9.10. The predicted octanol–water partition coefficient (Wildman–Crippen LogP) is 6.76. The van der Waals surface area contributed by atoms with Gasteiger partial charge in [0, 0.05) is 0 Å². The Morgan fingerprint density at radius 3 is 1.77 bits per heavy atom. The Kier molecular flexibility index (Phi) is 6.92. The highest BCUT2D eigenvalue weighted by atomic mass is 19.4. The zero-order valence-corrected chi connectivity index (χ0v) is 16.9. The monoisotopic (exact) mass is 434 g/mol. The van der Waals surface area contributed by atoms with E-state index in [1.165, 1.54) is 25.7 Å². The van der Waals surface area contributed by atoms with Crippen LogP contribution in [0.5, 0.6) is 11.5 Å². The molecule has 3 rings (SSSR count). The Labute approximate surface area is 172 Å². The van der Waals surface area contributed by atoms with Crippen LogP contribution in [0.4, 0.5) is 22.0 Å². The van der Waals surface area contributed by atoms with E-state index < -0.39 is 18.0 Å². The second-order valence-electron chi connectivity index (χ2n) is 8.64. The average molecular weight is 434 g/mol. The number of ether oxygens (including phenoxy) is 2. The first-order valence-corrected chi connectivity index (χ1v) is 10.5. The lowest BCUT2D eigenvalue weighted by atomic mass is 9.69. The molecule has 8 heteroatoms. The summed E-state index contributed by atoms with van der Waals surface area (Å²) in [4.78, 5) is 12.4. The van der Waals surface area contributed by atoms with Gasteiger partial charge in [-0.05, 0) is 80.5 Å². The molecule has 0 bridgehead atoms. The number of hydrogen-bond donors (Lipinski definition) is 0. The maximum atomic E-state index is 12.9. The summed E-state index contributed by atoms with van der Waals surface area (Å²) >= 11 is 0. The molecular weight excluding hydrogens is 407 g/mol. The van der Waals surface area contributed by atoms with Gasteiger partial charge in [-0.15, -0.1) is 0 Å². The molecule has 0 unspecified atom stereocenters. The number of carbonyl (C=O) groups is 1. The molecule has 2 aliphatic rings. The summed E-state index contributed by atoms with van der Waals surface area (Å²) in [5, 5.41) is 0. The van der Waals surface area contributed by atoms with Gasteiger partial charge in [0.15, 0.2) is 0 Å². The van der Waals surface area contributed by atoms with Crippen molar-refractivity contribution in [1.29, 1.82) is 0 Å². The van der Waals surface area contributed by atoms with Crippen LogP contribution in [0.2, 0.25) is 0 Å². The minimum absolute atomic E-state index is 0.0890. The van der Waals surface area contributed by atoms with Crippen LogP contribution in [0.25, 0.3) is 0 Å². The lowest BCUT2D eigenvalue weighted by Crippen LogP contribution is -2.41. The van der Waals surface area contributed by atoms with Crippen LogP contribution in [-0.4, -0.2) is 18.3 Å². The Bertz CT molecular complexity index is 700. The van der Waals surface area contributed by atoms with Crippen LogP contribution < -0.4 is 9.47 Å². The normalized spacial score (nSPS) is 28.1. The van der Waals surface area contributed by atoms with E-state index in [0.717, 1.165) is 61.8 Å². The maximum Gasteiger partial charge on any atom is 0.499 e. The number of halogens is 5. The Morgan fingerprint density at radius 1 is 0.800 bits per heavy atom. The molecule has 0 spiro atoms. The lowest BCUT2D eigenvalue weighted by molar-refractivity contribution is -0.360. The first-order chi connectivity index (χ1) is 14.0. The zero-order valence-electron chi connectivity index (χ0n) is 16.9. The van der Waals surface area contributed by atoms with E-state index in [1.54, 1.807) is 0 Å². The molecule has 0 atom stereocenters. The van der Waals surface area contributed by atoms with Crippen LogP contribution in [0.15, 0.2) is 24.3 Å². The highest BCUT2D eigenvalue weighted by molar-refractivity contribution is 5.75. The van der Waals surface area contributed by atoms with Gasteiger partial charge in [-0.25, -0.2) is 0 Å². The highest BCUT2D eigenvalue weighted by Crippen LogP contribution is 2.42. The number of esters is 1. The quantitative estimate of drug-likeness (QED) is 0.292. The van der Waals surface area contributed by atoms with Gasteiger partial charge in [-0.3, -0.25) is 4.79 Å². The molecule has 0 amide bonds. The van der Waals surface area contributed by atoms with Crippen LogP contribution in [0.1, 0.15) is 58.3 Å². The van der Waals surface area contributed by atoms with Crippen molar-refractivity contribution in [3.05, 3.63) is 24.3 Å². The number of benzene rings is 1. The molecule has 1 aromatic rings. The Hall–Kier alpha value is -1.86. The third kappa shape index (κ3) is 5.64. The van der Waals surface area contributed by atoms with Gasteiger partial charge in [0.1, 0.15) is 11.5 Å². The van der Waals surface area contributed by atoms with E-state index in [9.17, 15) is 26.7 Å². The molecule has 0 radical (unpaired) electrons. The van der Waals surface area contributed by atoms with Gasteiger partial charge in [0.25, 0.3) is 0 Å². The number of hydrogen-bond acceptors (Lipinski definition) is 3. The topological polar surface area (TPSA) is 35.5 Å². The Morgan fingerprint density at radius 2 is 1.27 bits per heavy atom. The Balaban J connectivity index is 1.47. The van der Waals surface area contributed by atoms with Crippen molar-refractivity contribution in [3.63, 3.8) is 0 Å². The summed E-state index contributed by atoms with van der Waals surface area (Å²) < 4.78 is 71.4. The summed E-state index contributed by atoms with van der Waals surface area (Å²) in [6.45, 7) is 2.30. The second-order valence-corrected chi connectivity index (χ2v) is 8.64. The first kappa shape index (κ1) is 22.8. The summed E-state index contributed by atoms with van der Waals surface area (Å²) in [5.41, 5.74) is 0. The van der Waals surface area contributed by atoms with Crippen LogP contribution in [0, 0.1) is 23.7 Å². The molecule has 0 aliphatic heterocycles. The molecule has 30 heavy (non-hydrogen) atoms. The first-order valence-electron chi connectivity index (χ1n) is 10.5. The lowest BCUT2D eigenvalue weighted by Gasteiger charge is -2.36. The van der Waals surface area contributed by atoms with Crippen molar-refractivity contribution in [2.24, 2.45) is 23.7 Å². The summed E-state index contributed by atoms with van der Waals surface area (Å²) in [7, 11) is 0. The fourth-order valence-corrected chi connectivity index (χ4v) is 4.56. The minimum Gasteiger partial charge on any atom is -0.426 e. The van der Waals surface area contributed by atoms with Crippen molar-refractivity contribution < 1.29 is 36.2 Å². The van der Waals surface area contributed by atoms with E-state index in [0.29, 0.717) is 5.92 Å². The van der Waals surface area contributed by atoms with Crippen molar-refractivity contribution in [3.8, 4) is 11.5 Å². The van der Waals surface area contributed by atoms with Gasteiger partial charge in [-0.2, -0.15) is 22.0 Å². The molecule has 3 nitrogen and oxygen atoms in total. The molecule has 2 aliphatic carbocycles. The fourth-order valence-electron chi connectivity index (χ4n) is 4.56. The molecule has 168 valence electrons. The third-order valence-electron chi connectivity index (χ3n) is 6.45. The molecule has 2 fully saturated rings. The number of carbonyl (C=O) groups excluding carboxylic acids is 1. The third-order valence-corrected chi connectivity index (χ3v) is 6.45. The zero-order chi connectivity index (χ0) is 21.9. The molecule has 0 aromatic heterocycles. The fraction of sp³-hybridized carbons (Fsp3) is 0.682. The van der Waals surface area contributed by atoms with Crippen LogP contribution in [-0.2, 0) is 4.79 Å². The van der Waals surface area contributed by atoms with E-state index in [4.69, 9.17) is 4.74 Å². The maximum absolute atomic E-state index is 12.9. The average Bonchev–Trinajstić information content (AvgIpc) is 2.69. The largest absolute Gasteiger partial charge is 0.499 e. The van der Waals surface area contributed by atoms with Gasteiger partial charge in [-0.1, -0.05) is 19.8 Å². The predicted molar refractivity (Wildman–Crippen MR) is 100 cm³/mol. The summed E-state index contributed by atoms with van der Waals surface area (Å²) in [6.07, 6.45) is -2.50. The smallest absolute Gasteiger partial charge is 0.426 e. The van der Waals surface area contributed by atoms with E-state index in [1.807, 2.05) is 0 Å². The van der Waals surface area contributed by atoms with Gasteiger partial charge < -0.3 is 9.47 Å². The molecule has 0 saturated heterocycles.